The summed E-state index contributed by atoms with van der Waals surface area (Å²) < 4.78 is 1.99. The van der Waals surface area contributed by atoms with E-state index in [1.807, 2.05) is 42.7 Å². The molecule has 1 N–H and O–H groups in total. The van der Waals surface area contributed by atoms with E-state index in [2.05, 4.69) is 15.3 Å². The average molecular weight is 426 g/mol. The van der Waals surface area contributed by atoms with Crippen LogP contribution < -0.4 is 5.32 Å². The number of hydrogen-bond acceptors (Lipinski definition) is 5. The third kappa shape index (κ3) is 3.54. The van der Waals surface area contributed by atoms with Crippen molar-refractivity contribution < 1.29 is 14.4 Å². The molecule has 1 aliphatic rings. The summed E-state index contributed by atoms with van der Waals surface area (Å²) in [5.74, 6) is -0.386. The molecule has 4 rings (SSSR count). The number of amides is 3. The molecule has 3 amide bonds. The van der Waals surface area contributed by atoms with Crippen LogP contribution in [-0.4, -0.2) is 43.7 Å². The van der Waals surface area contributed by atoms with Gasteiger partial charge in [0, 0.05) is 42.2 Å². The summed E-state index contributed by atoms with van der Waals surface area (Å²) >= 11 is 6.01. The normalized spacial score (nSPS) is 14.0. The van der Waals surface area contributed by atoms with Crippen LogP contribution in [0.15, 0.2) is 30.6 Å². The lowest BCUT2D eigenvalue weighted by Gasteiger charge is -2.13. The molecule has 0 aliphatic carbocycles. The minimum absolute atomic E-state index is 0.0128. The van der Waals surface area contributed by atoms with Gasteiger partial charge in [0.15, 0.2) is 5.65 Å². The number of fused-ring (bicyclic) bond motifs is 1. The van der Waals surface area contributed by atoms with Crippen molar-refractivity contribution in [1.29, 1.82) is 0 Å². The molecule has 0 atom stereocenters. The number of imide groups is 1. The van der Waals surface area contributed by atoms with E-state index in [-0.39, 0.29) is 43.5 Å². The van der Waals surface area contributed by atoms with Crippen molar-refractivity contribution in [3.05, 3.63) is 46.9 Å². The molecule has 1 saturated heterocycles. The van der Waals surface area contributed by atoms with Crippen LogP contribution in [-0.2, 0) is 14.4 Å². The number of anilines is 1. The lowest BCUT2D eigenvalue weighted by atomic mass is 10.2. The number of benzene rings is 1. The number of aromatic nitrogens is 3. The average Bonchev–Trinajstić information content (AvgIpc) is 3.18. The van der Waals surface area contributed by atoms with E-state index in [9.17, 15) is 14.4 Å². The van der Waals surface area contributed by atoms with E-state index in [1.54, 1.807) is 0 Å². The number of halogens is 1. The Morgan fingerprint density at radius 3 is 2.43 bits per heavy atom. The molecule has 0 bridgehead atoms. The van der Waals surface area contributed by atoms with Crippen LogP contribution in [0.2, 0.25) is 5.02 Å². The molecule has 30 heavy (non-hydrogen) atoms. The van der Waals surface area contributed by atoms with E-state index in [4.69, 9.17) is 11.6 Å². The first-order valence-electron chi connectivity index (χ1n) is 9.58. The second-order valence-corrected chi connectivity index (χ2v) is 7.62. The van der Waals surface area contributed by atoms with Gasteiger partial charge in [-0.05, 0) is 43.7 Å². The maximum atomic E-state index is 12.5. The van der Waals surface area contributed by atoms with Gasteiger partial charge in [-0.15, -0.1) is 0 Å². The first-order chi connectivity index (χ1) is 14.4. The quantitative estimate of drug-likeness (QED) is 0.633. The topological polar surface area (TPSA) is 97.2 Å². The zero-order valence-corrected chi connectivity index (χ0v) is 17.4. The van der Waals surface area contributed by atoms with Gasteiger partial charge in [-0.3, -0.25) is 23.9 Å². The van der Waals surface area contributed by atoms with Gasteiger partial charge in [-0.25, -0.2) is 9.97 Å². The summed E-state index contributed by atoms with van der Waals surface area (Å²) in [5, 5.41) is 4.19. The molecule has 1 fully saturated rings. The second-order valence-electron chi connectivity index (χ2n) is 7.18. The molecular formula is C21H20ClN5O3. The number of hydrogen-bond donors (Lipinski definition) is 1. The SMILES string of the molecule is Cc1c(C)n(-c2ccc(Cl)cc2)c2ncnc(NC(=O)CCN3C(=O)CCC3=O)c12. The predicted octanol–water partition coefficient (Wildman–Crippen LogP) is 3.17. The monoisotopic (exact) mass is 425 g/mol. The van der Waals surface area contributed by atoms with Crippen molar-refractivity contribution >= 4 is 46.2 Å². The molecule has 154 valence electrons. The van der Waals surface area contributed by atoms with Crippen molar-refractivity contribution in [1.82, 2.24) is 19.4 Å². The highest BCUT2D eigenvalue weighted by Crippen LogP contribution is 2.31. The fraction of sp³-hybridized carbons (Fsp3) is 0.286. The summed E-state index contributed by atoms with van der Waals surface area (Å²) in [6, 6.07) is 7.42. The third-order valence-corrected chi connectivity index (χ3v) is 5.60. The number of carbonyl (C=O) groups is 3. The standard InChI is InChI=1S/C21H20ClN5O3/c1-12-13(2)27(15-5-3-14(22)4-6-15)21-19(12)20(23-11-24-21)25-16(28)9-10-26-17(29)7-8-18(26)30/h3-6,11H,7-10H2,1-2H3,(H,23,24,25,28). The van der Waals surface area contributed by atoms with E-state index in [1.165, 1.54) is 6.33 Å². The maximum Gasteiger partial charge on any atom is 0.229 e. The molecule has 9 heteroatoms. The van der Waals surface area contributed by atoms with Crippen molar-refractivity contribution in [2.45, 2.75) is 33.1 Å². The Morgan fingerprint density at radius 1 is 1.10 bits per heavy atom. The number of nitrogens with zero attached hydrogens (tertiary/aromatic N) is 4. The zero-order chi connectivity index (χ0) is 21.4. The molecule has 0 radical (unpaired) electrons. The fourth-order valence-corrected chi connectivity index (χ4v) is 3.81. The molecule has 0 spiro atoms. The van der Waals surface area contributed by atoms with Gasteiger partial charge in [-0.1, -0.05) is 11.6 Å². The van der Waals surface area contributed by atoms with Crippen molar-refractivity contribution in [3.63, 3.8) is 0 Å². The van der Waals surface area contributed by atoms with Gasteiger partial charge in [0.05, 0.1) is 5.39 Å². The number of aryl methyl sites for hydroxylation is 1. The number of likely N-dealkylation sites (tertiary alicyclic amines) is 1. The van der Waals surface area contributed by atoms with Gasteiger partial charge in [0.1, 0.15) is 12.1 Å². The van der Waals surface area contributed by atoms with Crippen LogP contribution in [0, 0.1) is 13.8 Å². The maximum absolute atomic E-state index is 12.5. The molecule has 0 unspecified atom stereocenters. The molecule has 3 aromatic rings. The Kier molecular flexibility index (Phi) is 5.26. The minimum Gasteiger partial charge on any atom is -0.310 e. The lowest BCUT2D eigenvalue weighted by Crippen LogP contribution is -2.32. The number of rotatable bonds is 5. The molecule has 3 heterocycles. The Bertz CT molecular complexity index is 1150. The summed E-state index contributed by atoms with van der Waals surface area (Å²) in [7, 11) is 0. The molecule has 1 aliphatic heterocycles. The molecule has 2 aromatic heterocycles. The van der Waals surface area contributed by atoms with Crippen molar-refractivity contribution in [2.75, 3.05) is 11.9 Å². The largest absolute Gasteiger partial charge is 0.310 e. The summed E-state index contributed by atoms with van der Waals surface area (Å²) in [6.07, 6.45) is 1.84. The van der Waals surface area contributed by atoms with Crippen LogP contribution in [0.5, 0.6) is 0 Å². The Balaban J connectivity index is 1.61. The Labute approximate surface area is 177 Å². The van der Waals surface area contributed by atoms with Gasteiger partial charge >= 0.3 is 0 Å². The highest BCUT2D eigenvalue weighted by molar-refractivity contribution is 6.30. The first-order valence-corrected chi connectivity index (χ1v) is 9.96. The van der Waals surface area contributed by atoms with E-state index >= 15 is 0 Å². The van der Waals surface area contributed by atoms with E-state index in [0.29, 0.717) is 16.5 Å². The lowest BCUT2D eigenvalue weighted by molar-refractivity contribution is -0.138. The van der Waals surface area contributed by atoms with E-state index < -0.39 is 0 Å². The highest BCUT2D eigenvalue weighted by Gasteiger charge is 2.29. The van der Waals surface area contributed by atoms with Crippen LogP contribution in [0.3, 0.4) is 0 Å². The van der Waals surface area contributed by atoms with Crippen LogP contribution in [0.25, 0.3) is 16.7 Å². The molecule has 0 saturated carbocycles. The fourth-order valence-electron chi connectivity index (χ4n) is 3.68. The summed E-state index contributed by atoms with van der Waals surface area (Å²) in [5.41, 5.74) is 3.48. The highest BCUT2D eigenvalue weighted by atomic mass is 35.5. The second kappa shape index (κ2) is 7.87. The Hall–Kier alpha value is -3.26. The third-order valence-electron chi connectivity index (χ3n) is 5.35. The van der Waals surface area contributed by atoms with Gasteiger partial charge in [-0.2, -0.15) is 0 Å². The zero-order valence-electron chi connectivity index (χ0n) is 16.6. The van der Waals surface area contributed by atoms with Crippen molar-refractivity contribution in [3.8, 4) is 5.69 Å². The molecular weight excluding hydrogens is 406 g/mol. The van der Waals surface area contributed by atoms with Gasteiger partial charge in [0.2, 0.25) is 17.7 Å². The number of carbonyl (C=O) groups excluding carboxylic acids is 3. The first kappa shape index (κ1) is 20.0. The van der Waals surface area contributed by atoms with Crippen LogP contribution in [0.4, 0.5) is 5.82 Å². The Morgan fingerprint density at radius 2 is 1.77 bits per heavy atom. The molecule has 1 aromatic carbocycles. The smallest absolute Gasteiger partial charge is 0.229 e. The van der Waals surface area contributed by atoms with E-state index in [0.717, 1.165) is 27.2 Å². The predicted molar refractivity (Wildman–Crippen MR) is 113 cm³/mol. The van der Waals surface area contributed by atoms with Crippen LogP contribution in [0.1, 0.15) is 30.5 Å². The summed E-state index contributed by atoms with van der Waals surface area (Å²) in [4.78, 5) is 45.7. The van der Waals surface area contributed by atoms with Gasteiger partial charge < -0.3 is 5.32 Å². The minimum atomic E-state index is -0.321. The van der Waals surface area contributed by atoms with Gasteiger partial charge in [0.25, 0.3) is 0 Å². The molecule has 8 nitrogen and oxygen atoms in total. The number of nitrogens with one attached hydrogen (secondary N) is 1. The van der Waals surface area contributed by atoms with Crippen LogP contribution >= 0.6 is 11.6 Å². The summed E-state index contributed by atoms with van der Waals surface area (Å²) in [6.45, 7) is 3.99. The van der Waals surface area contributed by atoms with Crippen molar-refractivity contribution in [2.24, 2.45) is 0 Å².